The van der Waals surface area contributed by atoms with Gasteiger partial charge in [-0.3, -0.25) is 0 Å². The molecule has 0 radical (unpaired) electrons. The molecule has 0 aliphatic carbocycles. The highest BCUT2D eigenvalue weighted by atomic mass is 79.9. The maximum absolute atomic E-state index is 3.61. The van der Waals surface area contributed by atoms with Gasteiger partial charge in [0.15, 0.2) is 0 Å². The molecule has 2 aromatic carbocycles. The molecule has 0 spiro atoms. The minimum absolute atomic E-state index is 0.322. The third kappa shape index (κ3) is 3.14. The van der Waals surface area contributed by atoms with Crippen LogP contribution >= 0.6 is 27.3 Å². The van der Waals surface area contributed by atoms with Gasteiger partial charge >= 0.3 is 0 Å². The van der Waals surface area contributed by atoms with Crippen molar-refractivity contribution in [3.05, 3.63) is 62.3 Å². The summed E-state index contributed by atoms with van der Waals surface area (Å²) in [5.41, 5.74) is 2.56. The first kappa shape index (κ1) is 14.6. The molecule has 1 atom stereocenters. The molecule has 1 heterocycles. The molecule has 0 bridgehead atoms. The lowest BCUT2D eigenvalue weighted by atomic mass is 10.1. The van der Waals surface area contributed by atoms with E-state index in [-0.39, 0.29) is 0 Å². The zero-order valence-electron chi connectivity index (χ0n) is 12.4. The molecule has 1 unspecified atom stereocenters. The highest BCUT2D eigenvalue weighted by Crippen LogP contribution is 2.30. The van der Waals surface area contributed by atoms with Crippen LogP contribution in [0.1, 0.15) is 28.3 Å². The molecule has 3 heteroatoms. The van der Waals surface area contributed by atoms with Gasteiger partial charge < -0.3 is 5.32 Å². The molecule has 3 rings (SSSR count). The number of thiophene rings is 1. The summed E-state index contributed by atoms with van der Waals surface area (Å²) in [6.45, 7) is 6.59. The summed E-state index contributed by atoms with van der Waals surface area (Å²) in [6, 6.07) is 15.5. The van der Waals surface area contributed by atoms with Crippen LogP contribution in [0, 0.1) is 13.8 Å². The average Bonchev–Trinajstić information content (AvgIpc) is 2.78. The predicted molar refractivity (Wildman–Crippen MR) is 97.5 cm³/mol. The van der Waals surface area contributed by atoms with Gasteiger partial charge in [-0.15, -0.1) is 11.3 Å². The second kappa shape index (κ2) is 5.82. The summed E-state index contributed by atoms with van der Waals surface area (Å²) >= 11 is 5.38. The molecule has 0 aliphatic heterocycles. The number of nitrogens with one attached hydrogen (secondary N) is 1. The number of fused-ring (bicyclic) bond motifs is 1. The van der Waals surface area contributed by atoms with Crippen molar-refractivity contribution in [1.29, 1.82) is 0 Å². The lowest BCUT2D eigenvalue weighted by molar-refractivity contribution is 0.882. The normalized spacial score (nSPS) is 12.6. The molecule has 0 saturated carbocycles. The van der Waals surface area contributed by atoms with E-state index in [1.165, 1.54) is 31.8 Å². The Labute approximate surface area is 138 Å². The van der Waals surface area contributed by atoms with Crippen molar-refractivity contribution in [2.24, 2.45) is 0 Å². The first-order chi connectivity index (χ1) is 10.0. The first-order valence-electron chi connectivity index (χ1n) is 7.06. The average molecular weight is 360 g/mol. The lowest BCUT2D eigenvalue weighted by Gasteiger charge is -2.16. The van der Waals surface area contributed by atoms with Crippen LogP contribution in [0.15, 0.2) is 46.9 Å². The van der Waals surface area contributed by atoms with Crippen molar-refractivity contribution in [3.8, 4) is 0 Å². The van der Waals surface area contributed by atoms with Gasteiger partial charge in [-0.1, -0.05) is 28.1 Å². The van der Waals surface area contributed by atoms with E-state index in [0.717, 1.165) is 4.47 Å². The Bertz CT molecular complexity index is 791. The summed E-state index contributed by atoms with van der Waals surface area (Å²) in [7, 11) is 0. The zero-order chi connectivity index (χ0) is 15.0. The van der Waals surface area contributed by atoms with E-state index in [2.05, 4.69) is 84.5 Å². The fraction of sp³-hybridized carbons (Fsp3) is 0.222. The fourth-order valence-corrected chi connectivity index (χ4v) is 4.12. The molecule has 1 N–H and O–H groups in total. The Morgan fingerprint density at radius 2 is 1.71 bits per heavy atom. The summed E-state index contributed by atoms with van der Waals surface area (Å²) in [5.74, 6) is 0. The summed E-state index contributed by atoms with van der Waals surface area (Å²) in [5, 5.41) is 6.13. The van der Waals surface area contributed by atoms with E-state index < -0.39 is 0 Å². The molecule has 0 fully saturated rings. The predicted octanol–water partition coefficient (Wildman–Crippen LogP) is 6.45. The highest BCUT2D eigenvalue weighted by molar-refractivity contribution is 9.10. The molecule has 108 valence electrons. The number of benzene rings is 2. The minimum Gasteiger partial charge on any atom is -0.378 e. The number of anilines is 1. The molecular weight excluding hydrogens is 342 g/mol. The van der Waals surface area contributed by atoms with Gasteiger partial charge in [0, 0.05) is 26.0 Å². The molecular formula is C18H18BrNS. The van der Waals surface area contributed by atoms with Crippen LogP contribution in [0.2, 0.25) is 0 Å². The second-order valence-electron chi connectivity index (χ2n) is 5.44. The SMILES string of the molecule is Cc1cc(C(C)Nc2ccc3cc(Br)ccc3c2)c(C)s1. The van der Waals surface area contributed by atoms with E-state index in [0.29, 0.717) is 6.04 Å². The van der Waals surface area contributed by atoms with E-state index >= 15 is 0 Å². The van der Waals surface area contributed by atoms with Crippen LogP contribution in [-0.2, 0) is 0 Å². The highest BCUT2D eigenvalue weighted by Gasteiger charge is 2.11. The van der Waals surface area contributed by atoms with E-state index in [1.54, 1.807) is 0 Å². The van der Waals surface area contributed by atoms with Gasteiger partial charge in [-0.2, -0.15) is 0 Å². The van der Waals surface area contributed by atoms with Crippen LogP contribution in [-0.4, -0.2) is 0 Å². The number of halogens is 1. The molecule has 21 heavy (non-hydrogen) atoms. The quantitative estimate of drug-likeness (QED) is 0.566. The third-order valence-corrected chi connectivity index (χ3v) is 5.21. The summed E-state index contributed by atoms with van der Waals surface area (Å²) in [6.07, 6.45) is 0. The monoisotopic (exact) mass is 359 g/mol. The number of aryl methyl sites for hydroxylation is 2. The standard InChI is InChI=1S/C18H18BrNS/c1-11-8-18(13(3)21-11)12(2)20-17-7-5-14-9-16(19)6-4-15(14)10-17/h4-10,12,20H,1-3H3. The largest absolute Gasteiger partial charge is 0.378 e. The van der Waals surface area contributed by atoms with Crippen LogP contribution in [0.3, 0.4) is 0 Å². The van der Waals surface area contributed by atoms with Crippen LogP contribution in [0.5, 0.6) is 0 Å². The van der Waals surface area contributed by atoms with E-state index in [1.807, 2.05) is 11.3 Å². The maximum atomic E-state index is 3.61. The number of hydrogen-bond acceptors (Lipinski definition) is 2. The number of rotatable bonds is 3. The Balaban J connectivity index is 1.87. The topological polar surface area (TPSA) is 12.0 Å². The Hall–Kier alpha value is -1.32. The lowest BCUT2D eigenvalue weighted by Crippen LogP contribution is -2.06. The third-order valence-electron chi connectivity index (χ3n) is 3.73. The van der Waals surface area contributed by atoms with Gasteiger partial charge in [-0.05, 0) is 67.4 Å². The summed E-state index contributed by atoms with van der Waals surface area (Å²) < 4.78 is 1.12. The first-order valence-corrected chi connectivity index (χ1v) is 8.66. The molecule has 0 aliphatic rings. The molecule has 1 aromatic heterocycles. The van der Waals surface area contributed by atoms with Crippen molar-refractivity contribution in [3.63, 3.8) is 0 Å². The van der Waals surface area contributed by atoms with E-state index in [9.17, 15) is 0 Å². The van der Waals surface area contributed by atoms with Crippen LogP contribution in [0.25, 0.3) is 10.8 Å². The van der Waals surface area contributed by atoms with Crippen LogP contribution < -0.4 is 5.32 Å². The molecule has 0 saturated heterocycles. The zero-order valence-corrected chi connectivity index (χ0v) is 14.8. The van der Waals surface area contributed by atoms with Gasteiger partial charge in [0.2, 0.25) is 0 Å². The minimum atomic E-state index is 0.322. The van der Waals surface area contributed by atoms with Crippen molar-refractivity contribution in [2.75, 3.05) is 5.32 Å². The smallest absolute Gasteiger partial charge is 0.0496 e. The fourth-order valence-electron chi connectivity index (χ4n) is 2.71. The van der Waals surface area contributed by atoms with Crippen molar-refractivity contribution in [2.45, 2.75) is 26.8 Å². The van der Waals surface area contributed by atoms with Crippen molar-refractivity contribution >= 4 is 43.7 Å². The van der Waals surface area contributed by atoms with Gasteiger partial charge in [0.25, 0.3) is 0 Å². The molecule has 0 amide bonds. The summed E-state index contributed by atoms with van der Waals surface area (Å²) in [4.78, 5) is 2.77. The van der Waals surface area contributed by atoms with Crippen molar-refractivity contribution in [1.82, 2.24) is 0 Å². The molecule has 1 nitrogen and oxygen atoms in total. The van der Waals surface area contributed by atoms with Gasteiger partial charge in [-0.25, -0.2) is 0 Å². The Kier molecular flexibility index (Phi) is 4.05. The Morgan fingerprint density at radius 1 is 1.00 bits per heavy atom. The number of hydrogen-bond donors (Lipinski definition) is 1. The van der Waals surface area contributed by atoms with Crippen LogP contribution in [0.4, 0.5) is 5.69 Å². The van der Waals surface area contributed by atoms with Gasteiger partial charge in [0.1, 0.15) is 0 Å². The maximum Gasteiger partial charge on any atom is 0.0496 e. The second-order valence-corrected chi connectivity index (χ2v) is 7.82. The van der Waals surface area contributed by atoms with Crippen molar-refractivity contribution < 1.29 is 0 Å². The van der Waals surface area contributed by atoms with E-state index in [4.69, 9.17) is 0 Å². The Morgan fingerprint density at radius 3 is 2.43 bits per heavy atom. The molecule has 3 aromatic rings. The van der Waals surface area contributed by atoms with Gasteiger partial charge in [0.05, 0.1) is 0 Å².